The van der Waals surface area contributed by atoms with Crippen LogP contribution < -0.4 is 5.48 Å². The molecule has 2 N–H and O–H groups in total. The molecule has 2 rings (SSSR count). The van der Waals surface area contributed by atoms with Crippen LogP contribution in [0.2, 0.25) is 0 Å². The van der Waals surface area contributed by atoms with Gasteiger partial charge in [-0.3, -0.25) is 19.9 Å². The highest BCUT2D eigenvalue weighted by Crippen LogP contribution is 2.19. The molecule has 2 heterocycles. The van der Waals surface area contributed by atoms with Crippen molar-refractivity contribution in [1.29, 1.82) is 0 Å². The summed E-state index contributed by atoms with van der Waals surface area (Å²) in [5.41, 5.74) is 1.67. The van der Waals surface area contributed by atoms with Gasteiger partial charge in [-0.25, -0.2) is 5.48 Å². The van der Waals surface area contributed by atoms with E-state index < -0.39 is 0 Å². The van der Waals surface area contributed by atoms with Gasteiger partial charge in [0, 0.05) is 38.5 Å². The fraction of sp³-hybridized carbons (Fsp3) is 0.765. The Kier molecular flexibility index (Phi) is 7.68. The lowest BCUT2D eigenvalue weighted by atomic mass is 10.1. The van der Waals surface area contributed by atoms with Crippen LogP contribution in [0.4, 0.5) is 0 Å². The largest absolute Gasteiger partial charge is 0.373 e. The summed E-state index contributed by atoms with van der Waals surface area (Å²) in [5, 5.41) is 8.46. The number of ether oxygens (including phenoxy) is 1. The number of hydrogen-bond acceptors (Lipinski definition) is 6. The van der Waals surface area contributed by atoms with Gasteiger partial charge in [-0.1, -0.05) is 12.8 Å². The smallest absolute Gasteiger partial charge is 0.243 e. The van der Waals surface area contributed by atoms with Crippen molar-refractivity contribution >= 4 is 12.1 Å². The van der Waals surface area contributed by atoms with Crippen LogP contribution in [-0.4, -0.2) is 65.3 Å². The van der Waals surface area contributed by atoms with Gasteiger partial charge in [-0.2, -0.15) is 0 Å². The van der Waals surface area contributed by atoms with Gasteiger partial charge in [0.2, 0.25) is 5.91 Å². The van der Waals surface area contributed by atoms with E-state index in [0.717, 1.165) is 45.3 Å². The van der Waals surface area contributed by atoms with Crippen LogP contribution in [0.15, 0.2) is 17.3 Å². The van der Waals surface area contributed by atoms with Crippen molar-refractivity contribution in [3.8, 4) is 0 Å². The number of nitrogens with zero attached hydrogens (tertiary/aromatic N) is 3. The molecule has 2 aliphatic heterocycles. The zero-order chi connectivity index (χ0) is 17.4. The molecule has 136 valence electrons. The van der Waals surface area contributed by atoms with Gasteiger partial charge in [-0.15, -0.1) is 0 Å². The summed E-state index contributed by atoms with van der Waals surface area (Å²) in [6.45, 7) is 6.96. The predicted octanol–water partition coefficient (Wildman–Crippen LogP) is 1.74. The van der Waals surface area contributed by atoms with Crippen LogP contribution in [-0.2, 0) is 9.53 Å². The Morgan fingerprint density at radius 1 is 1.25 bits per heavy atom. The van der Waals surface area contributed by atoms with E-state index in [1.807, 2.05) is 12.3 Å². The summed E-state index contributed by atoms with van der Waals surface area (Å²) < 4.78 is 5.82. The second-order valence-electron chi connectivity index (χ2n) is 6.63. The summed E-state index contributed by atoms with van der Waals surface area (Å²) in [6, 6.07) is 0. The number of nitrogens with one attached hydrogen (secondary N) is 1. The molecule has 1 saturated heterocycles. The Bertz CT molecular complexity index is 445. The quantitative estimate of drug-likeness (QED) is 0.400. The summed E-state index contributed by atoms with van der Waals surface area (Å²) in [7, 11) is 0. The molecule has 7 heteroatoms. The van der Waals surface area contributed by atoms with Crippen molar-refractivity contribution in [3.63, 3.8) is 0 Å². The van der Waals surface area contributed by atoms with Gasteiger partial charge in [0.05, 0.1) is 12.2 Å². The lowest BCUT2D eigenvalue weighted by Crippen LogP contribution is -2.54. The van der Waals surface area contributed by atoms with Gasteiger partial charge >= 0.3 is 0 Å². The number of rotatable bonds is 8. The number of allylic oxidation sites excluding steroid dienone is 1. The summed E-state index contributed by atoms with van der Waals surface area (Å²) in [6.07, 6.45) is 10.8. The zero-order valence-electron chi connectivity index (χ0n) is 14.7. The molecule has 0 aliphatic carbocycles. The molecule has 3 atom stereocenters. The van der Waals surface area contributed by atoms with Crippen LogP contribution in [0.1, 0.15) is 46.0 Å². The molecule has 0 saturated carbocycles. The maximum Gasteiger partial charge on any atom is 0.243 e. The molecule has 0 radical (unpaired) electrons. The number of unbranched alkanes of at least 4 members (excludes halogenated alkanes) is 3. The summed E-state index contributed by atoms with van der Waals surface area (Å²) in [4.78, 5) is 20.3. The van der Waals surface area contributed by atoms with Crippen LogP contribution in [0, 0.1) is 0 Å². The van der Waals surface area contributed by atoms with Crippen molar-refractivity contribution in [2.75, 3.05) is 19.6 Å². The Balaban J connectivity index is 1.73. The molecule has 7 nitrogen and oxygen atoms in total. The first-order valence-corrected chi connectivity index (χ1v) is 8.88. The lowest BCUT2D eigenvalue weighted by molar-refractivity contribution is -0.129. The standard InChI is InChI=1S/C17H30N4O3/c1-14-12-21(13-15(2)24-14)17-18-9-7-11-20(17)10-6-4-3-5-8-16(22)19-23/h7,9,11,14-15,17,23H,3-6,8,10,12-13H2,1-2H3,(H,19,22)/t14-,15+,17?. The second-order valence-corrected chi connectivity index (χ2v) is 6.63. The van der Waals surface area contributed by atoms with Gasteiger partial charge < -0.3 is 9.64 Å². The van der Waals surface area contributed by atoms with Crippen molar-refractivity contribution in [2.45, 2.75) is 64.4 Å². The highest BCUT2D eigenvalue weighted by molar-refractivity contribution is 5.74. The van der Waals surface area contributed by atoms with E-state index in [1.54, 1.807) is 5.48 Å². The van der Waals surface area contributed by atoms with Crippen molar-refractivity contribution in [3.05, 3.63) is 12.3 Å². The molecule has 1 unspecified atom stereocenters. The maximum absolute atomic E-state index is 11.0. The van der Waals surface area contributed by atoms with E-state index in [-0.39, 0.29) is 24.4 Å². The third-order valence-corrected chi connectivity index (χ3v) is 4.35. The first-order chi connectivity index (χ1) is 11.6. The number of carbonyl (C=O) groups is 1. The number of amides is 1. The monoisotopic (exact) mass is 338 g/mol. The number of hydrogen-bond donors (Lipinski definition) is 2. The van der Waals surface area contributed by atoms with E-state index >= 15 is 0 Å². The molecule has 24 heavy (non-hydrogen) atoms. The molecule has 0 aromatic rings. The minimum atomic E-state index is -0.307. The minimum absolute atomic E-state index is 0.0592. The Morgan fingerprint density at radius 2 is 1.96 bits per heavy atom. The second kappa shape index (κ2) is 9.76. The highest BCUT2D eigenvalue weighted by atomic mass is 16.5. The lowest BCUT2D eigenvalue weighted by Gasteiger charge is -2.43. The molecular weight excluding hydrogens is 308 g/mol. The van der Waals surface area contributed by atoms with Crippen LogP contribution >= 0.6 is 0 Å². The molecule has 0 aromatic heterocycles. The van der Waals surface area contributed by atoms with E-state index in [1.165, 1.54) is 0 Å². The third-order valence-electron chi connectivity index (χ3n) is 4.35. The van der Waals surface area contributed by atoms with E-state index in [0.29, 0.717) is 6.42 Å². The SMILES string of the molecule is C[C@@H]1CN(C2N=CC=CN2CCCCCCC(=O)NO)C[C@H](C)O1. The van der Waals surface area contributed by atoms with Crippen LogP contribution in [0.5, 0.6) is 0 Å². The van der Waals surface area contributed by atoms with Gasteiger partial charge in [0.15, 0.2) is 6.29 Å². The van der Waals surface area contributed by atoms with Gasteiger partial charge in [0.1, 0.15) is 0 Å². The number of morpholine rings is 1. The van der Waals surface area contributed by atoms with E-state index in [2.05, 4.69) is 34.8 Å². The maximum atomic E-state index is 11.0. The van der Waals surface area contributed by atoms with Gasteiger partial charge in [0.25, 0.3) is 0 Å². The number of hydroxylamine groups is 1. The first kappa shape index (κ1) is 18.9. The first-order valence-electron chi connectivity index (χ1n) is 8.88. The normalized spacial score (nSPS) is 27.5. The zero-order valence-corrected chi connectivity index (χ0v) is 14.7. The molecule has 1 fully saturated rings. The van der Waals surface area contributed by atoms with Crippen molar-refractivity contribution in [2.24, 2.45) is 4.99 Å². The minimum Gasteiger partial charge on any atom is -0.373 e. The molecule has 0 bridgehead atoms. The van der Waals surface area contributed by atoms with Crippen LogP contribution in [0.3, 0.4) is 0 Å². The average Bonchev–Trinajstić information content (AvgIpc) is 2.57. The topological polar surface area (TPSA) is 77.4 Å². The third kappa shape index (κ3) is 5.89. The summed E-state index contributed by atoms with van der Waals surface area (Å²) >= 11 is 0. The number of carbonyl (C=O) groups excluding carboxylic acids is 1. The van der Waals surface area contributed by atoms with Crippen LogP contribution in [0.25, 0.3) is 0 Å². The van der Waals surface area contributed by atoms with E-state index in [9.17, 15) is 4.79 Å². The molecule has 2 aliphatic rings. The van der Waals surface area contributed by atoms with Gasteiger partial charge in [-0.05, 0) is 32.8 Å². The molecule has 0 spiro atoms. The van der Waals surface area contributed by atoms with E-state index in [4.69, 9.17) is 9.94 Å². The van der Waals surface area contributed by atoms with Crippen molar-refractivity contribution in [1.82, 2.24) is 15.3 Å². The Morgan fingerprint density at radius 3 is 2.67 bits per heavy atom. The highest BCUT2D eigenvalue weighted by Gasteiger charge is 2.30. The number of aliphatic imine (C=N–C) groups is 1. The predicted molar refractivity (Wildman–Crippen MR) is 92.7 cm³/mol. The molecular formula is C17H30N4O3. The summed E-state index contributed by atoms with van der Waals surface area (Å²) in [5.74, 6) is -0.307. The molecule has 1 amide bonds. The Hall–Kier alpha value is -1.44. The Labute approximate surface area is 144 Å². The fourth-order valence-corrected chi connectivity index (χ4v) is 3.33. The fourth-order valence-electron chi connectivity index (χ4n) is 3.33. The average molecular weight is 338 g/mol. The van der Waals surface area contributed by atoms with Crippen molar-refractivity contribution < 1.29 is 14.7 Å². The molecule has 0 aromatic carbocycles.